The maximum Gasteiger partial charge on any atom is 0.275 e. The van der Waals surface area contributed by atoms with Crippen molar-refractivity contribution in [3.63, 3.8) is 0 Å². The predicted molar refractivity (Wildman–Crippen MR) is 270 cm³/mol. The molecule has 2 aromatic carbocycles. The molecule has 0 heterocycles. The Morgan fingerprint density at radius 2 is 1.11 bits per heavy atom. The summed E-state index contributed by atoms with van der Waals surface area (Å²) in [6, 6.07) is 8.78. The monoisotopic (exact) mass is 855 g/mol. The minimum Gasteiger partial charge on any atom is -0.508 e. The summed E-state index contributed by atoms with van der Waals surface area (Å²) in [4.78, 5) is 0. The molecule has 1 unspecified atom stereocenters. The van der Waals surface area contributed by atoms with Crippen molar-refractivity contribution in [3.05, 3.63) is 117 Å². The number of aromatic hydroxyl groups is 1. The van der Waals surface area contributed by atoms with Crippen LogP contribution in [0.1, 0.15) is 200 Å². The van der Waals surface area contributed by atoms with Crippen LogP contribution in [0.25, 0.3) is 11.1 Å². The zero-order valence-corrected chi connectivity index (χ0v) is 44.1. The van der Waals surface area contributed by atoms with E-state index in [4.69, 9.17) is 9.05 Å². The molecule has 2 N–H and O–H groups in total. The molecule has 0 saturated carbocycles. The molecule has 0 fully saturated rings. The van der Waals surface area contributed by atoms with Crippen molar-refractivity contribution in [2.75, 3.05) is 0 Å². The second-order valence-corrected chi connectivity index (χ2v) is 24.3. The number of aliphatic hydroxyl groups excluding tert-OH is 1. The summed E-state index contributed by atoms with van der Waals surface area (Å²) in [6.07, 6.45) is 12.6. The highest BCUT2D eigenvalue weighted by Crippen LogP contribution is 2.49. The van der Waals surface area contributed by atoms with E-state index in [2.05, 4.69) is 221 Å². The van der Waals surface area contributed by atoms with E-state index in [1.807, 2.05) is 6.08 Å². The third-order valence-electron chi connectivity index (χ3n) is 10.9. The lowest BCUT2D eigenvalue weighted by Gasteiger charge is -2.31. The SMILES string of the molecule is C\C=C(/C(OPOc1c(C(=C/C(=C\C)C(C)(C)C)/C(O)=C/C(C)C)cc(C(C)(C)C)cc1C(C)(C)C)=C(\C=C\C(C)C)c1cc(C(C)(C)C)cc(C(C)(C)C)c1O)C(C)(C)C. The van der Waals surface area contributed by atoms with E-state index < -0.39 is 9.03 Å². The molecule has 1 atom stereocenters. The standard InChI is InChI=1S/C56H87O4P/c1-25-37(51(7,8)9)30-41(47(57)29-36(5)6)43-32-39(53(13,14)15)34-46(56(22,23)24)50(43)60-61-59-49(44(26-2)54(16,17)18)40(28-27-35(3)4)42-31-38(52(10,11)12)33-45(48(42)58)55(19,20)21/h25-36,57-58,61H,1-24H3/b28-27+,37-25+,41-30-,44-26+,47-29-,49-40-. The van der Waals surface area contributed by atoms with Gasteiger partial charge in [-0.15, -0.1) is 0 Å². The lowest BCUT2D eigenvalue weighted by Crippen LogP contribution is -2.19. The average molecular weight is 855 g/mol. The zero-order chi connectivity index (χ0) is 47.4. The molecular formula is C56H87O4P. The number of aliphatic hydroxyl groups is 1. The van der Waals surface area contributed by atoms with Gasteiger partial charge in [-0.1, -0.05) is 189 Å². The van der Waals surface area contributed by atoms with Gasteiger partial charge in [-0.3, -0.25) is 0 Å². The van der Waals surface area contributed by atoms with E-state index in [9.17, 15) is 10.2 Å². The third kappa shape index (κ3) is 14.5. The first-order chi connectivity index (χ1) is 27.5. The minimum atomic E-state index is -0.463. The molecular weight excluding hydrogens is 768 g/mol. The summed E-state index contributed by atoms with van der Waals surface area (Å²) in [5.74, 6) is 2.19. The van der Waals surface area contributed by atoms with Crippen molar-refractivity contribution < 1.29 is 19.3 Å². The number of hydrogen-bond acceptors (Lipinski definition) is 4. The molecule has 0 spiro atoms. The topological polar surface area (TPSA) is 58.9 Å². The van der Waals surface area contributed by atoms with Gasteiger partial charge in [-0.05, 0) is 105 Å². The van der Waals surface area contributed by atoms with Gasteiger partial charge in [0.2, 0.25) is 0 Å². The largest absolute Gasteiger partial charge is 0.508 e. The van der Waals surface area contributed by atoms with Gasteiger partial charge in [0.15, 0.2) is 0 Å². The van der Waals surface area contributed by atoms with Crippen LogP contribution in [0.4, 0.5) is 0 Å². The highest BCUT2D eigenvalue weighted by molar-refractivity contribution is 7.26. The summed E-state index contributed by atoms with van der Waals surface area (Å²) < 4.78 is 14.2. The minimum absolute atomic E-state index is 0.114. The van der Waals surface area contributed by atoms with Crippen LogP contribution in [0.3, 0.4) is 0 Å². The summed E-state index contributed by atoms with van der Waals surface area (Å²) in [6.45, 7) is 52.2. The van der Waals surface area contributed by atoms with E-state index in [1.54, 1.807) is 0 Å². The highest BCUT2D eigenvalue weighted by atomic mass is 31.1. The molecule has 340 valence electrons. The lowest BCUT2D eigenvalue weighted by molar-refractivity contribution is 0.392. The maximum absolute atomic E-state index is 12.3. The molecule has 0 aliphatic carbocycles. The number of phenols is 1. The van der Waals surface area contributed by atoms with Crippen LogP contribution in [-0.4, -0.2) is 10.2 Å². The van der Waals surface area contributed by atoms with Crippen LogP contribution >= 0.6 is 9.03 Å². The van der Waals surface area contributed by atoms with Gasteiger partial charge in [0.25, 0.3) is 9.03 Å². The molecule has 0 aliphatic rings. The van der Waals surface area contributed by atoms with Gasteiger partial charge in [0, 0.05) is 33.4 Å². The van der Waals surface area contributed by atoms with E-state index >= 15 is 0 Å². The predicted octanol–water partition coefficient (Wildman–Crippen LogP) is 17.6. The number of allylic oxidation sites excluding steroid dienone is 10. The van der Waals surface area contributed by atoms with Gasteiger partial charge >= 0.3 is 0 Å². The van der Waals surface area contributed by atoms with Crippen molar-refractivity contribution in [2.24, 2.45) is 22.7 Å². The third-order valence-corrected chi connectivity index (χ3v) is 11.5. The van der Waals surface area contributed by atoms with Crippen LogP contribution in [0.15, 0.2) is 83.4 Å². The first-order valence-corrected chi connectivity index (χ1v) is 23.3. The van der Waals surface area contributed by atoms with Crippen LogP contribution in [-0.2, 0) is 26.2 Å². The number of phenolic OH excluding ortho intramolecular Hbond substituents is 1. The molecule has 0 amide bonds. The highest BCUT2D eigenvalue weighted by Gasteiger charge is 2.32. The molecule has 4 nitrogen and oxygen atoms in total. The summed E-state index contributed by atoms with van der Waals surface area (Å²) in [5, 5.41) is 24.4. The van der Waals surface area contributed by atoms with Gasteiger partial charge in [-0.2, -0.15) is 0 Å². The Morgan fingerprint density at radius 1 is 0.623 bits per heavy atom. The molecule has 2 aromatic rings. The quantitative estimate of drug-likeness (QED) is 0.127. The van der Waals surface area contributed by atoms with Crippen molar-refractivity contribution in [1.29, 1.82) is 0 Å². The van der Waals surface area contributed by atoms with Crippen molar-refractivity contribution in [2.45, 2.75) is 188 Å². The zero-order valence-electron chi connectivity index (χ0n) is 43.1. The van der Waals surface area contributed by atoms with Crippen molar-refractivity contribution in [1.82, 2.24) is 0 Å². The maximum atomic E-state index is 12.3. The Balaban J connectivity index is 3.29. The van der Waals surface area contributed by atoms with E-state index in [-0.39, 0.29) is 55.8 Å². The average Bonchev–Trinajstić information content (AvgIpc) is 3.05. The Bertz CT molecular complexity index is 2030. The van der Waals surface area contributed by atoms with Crippen LogP contribution in [0.5, 0.6) is 11.5 Å². The van der Waals surface area contributed by atoms with Crippen LogP contribution in [0.2, 0.25) is 0 Å². The number of rotatable bonds is 12. The summed E-state index contributed by atoms with van der Waals surface area (Å²) >= 11 is 0. The molecule has 0 radical (unpaired) electrons. The molecule has 0 bridgehead atoms. The van der Waals surface area contributed by atoms with Crippen LogP contribution < -0.4 is 4.52 Å². The first-order valence-electron chi connectivity index (χ1n) is 22.5. The number of benzene rings is 2. The van der Waals surface area contributed by atoms with Gasteiger partial charge in [-0.25, -0.2) is 0 Å². The Labute approximate surface area is 376 Å². The van der Waals surface area contributed by atoms with E-state index in [0.29, 0.717) is 17.1 Å². The van der Waals surface area contributed by atoms with Crippen molar-refractivity contribution >= 4 is 20.2 Å². The van der Waals surface area contributed by atoms with Crippen LogP contribution in [0, 0.1) is 22.7 Å². The fourth-order valence-corrected chi connectivity index (χ4v) is 7.85. The summed E-state index contributed by atoms with van der Waals surface area (Å²) in [7, 11) is -0.463. The van der Waals surface area contributed by atoms with Gasteiger partial charge in [0.05, 0.1) is 0 Å². The van der Waals surface area contributed by atoms with Gasteiger partial charge in [0.1, 0.15) is 23.0 Å². The normalized spacial score (nSPS) is 15.5. The molecule has 5 heteroatoms. The molecule has 61 heavy (non-hydrogen) atoms. The molecule has 0 saturated heterocycles. The molecule has 0 aliphatic heterocycles. The summed E-state index contributed by atoms with van der Waals surface area (Å²) in [5.41, 5.74) is 7.93. The lowest BCUT2D eigenvalue weighted by atomic mass is 9.77. The number of hydrogen-bond donors (Lipinski definition) is 2. The van der Waals surface area contributed by atoms with Crippen molar-refractivity contribution in [3.8, 4) is 11.5 Å². The second-order valence-electron chi connectivity index (χ2n) is 23.8. The van der Waals surface area contributed by atoms with E-state index in [0.717, 1.165) is 50.1 Å². The molecule has 2 rings (SSSR count). The second kappa shape index (κ2) is 19.9. The molecule has 0 aromatic heterocycles. The fourth-order valence-electron chi connectivity index (χ4n) is 7.20. The van der Waals surface area contributed by atoms with E-state index in [1.165, 1.54) is 0 Å². The van der Waals surface area contributed by atoms with Gasteiger partial charge < -0.3 is 19.3 Å². The first kappa shape index (κ1) is 53.6. The smallest absolute Gasteiger partial charge is 0.275 e. The Hall–Kier alpha value is -3.49. The Kier molecular flexibility index (Phi) is 17.5. The Morgan fingerprint density at radius 3 is 1.51 bits per heavy atom. The fraction of sp³-hybridized carbons (Fsp3) is 0.571.